The van der Waals surface area contributed by atoms with Gasteiger partial charge in [0.05, 0.1) is 5.69 Å². The Bertz CT molecular complexity index is 723. The number of hydrogen-bond donors (Lipinski definition) is 2. The molecule has 1 aromatic carbocycles. The van der Waals surface area contributed by atoms with Gasteiger partial charge >= 0.3 is 6.09 Å². The van der Waals surface area contributed by atoms with Crippen LogP contribution in [-0.2, 0) is 11.4 Å². The van der Waals surface area contributed by atoms with Crippen LogP contribution in [0.2, 0.25) is 0 Å². The Hall–Kier alpha value is -3.40. The Labute approximate surface area is 126 Å². The minimum atomic E-state index is -1.19. The second kappa shape index (κ2) is 7.40. The fraction of sp³-hybridized carbons (Fsp3) is 0.0667. The summed E-state index contributed by atoms with van der Waals surface area (Å²) in [5.74, 6) is 0.196. The topological polar surface area (TPSA) is 108 Å². The monoisotopic (exact) mass is 296 g/mol. The number of oxime groups is 1. The molecule has 0 saturated carbocycles. The summed E-state index contributed by atoms with van der Waals surface area (Å²) < 4.78 is 0. The Balaban J connectivity index is 2.02. The first kappa shape index (κ1) is 15.0. The highest BCUT2D eigenvalue weighted by molar-refractivity contribution is 6.11. The molecule has 7 heteroatoms. The maximum absolute atomic E-state index is 10.5. The largest absolute Gasteiger partial charge is 0.465 e. The van der Waals surface area contributed by atoms with E-state index in [2.05, 4.69) is 15.5 Å². The van der Waals surface area contributed by atoms with E-state index in [1.807, 2.05) is 12.1 Å². The zero-order chi connectivity index (χ0) is 15.8. The van der Waals surface area contributed by atoms with Crippen LogP contribution in [0, 0.1) is 11.3 Å². The maximum atomic E-state index is 10.5. The Kier molecular flexibility index (Phi) is 5.04. The molecular weight excluding hydrogens is 284 g/mol. The highest BCUT2D eigenvalue weighted by Gasteiger charge is 2.04. The van der Waals surface area contributed by atoms with Gasteiger partial charge in [-0.1, -0.05) is 41.6 Å². The molecule has 110 valence electrons. The zero-order valence-electron chi connectivity index (χ0n) is 11.4. The van der Waals surface area contributed by atoms with Crippen LogP contribution in [0.4, 0.5) is 10.6 Å². The molecule has 2 aromatic rings. The first-order valence-electron chi connectivity index (χ1n) is 6.30. The van der Waals surface area contributed by atoms with Crippen molar-refractivity contribution in [1.82, 2.24) is 4.98 Å². The summed E-state index contributed by atoms with van der Waals surface area (Å²) in [6, 6.07) is 15.7. The van der Waals surface area contributed by atoms with Crippen LogP contribution in [0.25, 0.3) is 0 Å². The normalized spacial score (nSPS) is 10.6. The van der Waals surface area contributed by atoms with Gasteiger partial charge in [-0.3, -0.25) is 5.32 Å². The molecule has 1 aromatic heterocycles. The van der Waals surface area contributed by atoms with Gasteiger partial charge in [-0.05, 0) is 12.1 Å². The molecule has 0 unspecified atom stereocenters. The number of nitrogens with zero attached hydrogens (tertiary/aromatic N) is 3. The van der Waals surface area contributed by atoms with Crippen molar-refractivity contribution in [3.8, 4) is 6.07 Å². The molecule has 0 bridgehead atoms. The molecule has 1 amide bonds. The third-order valence-electron chi connectivity index (χ3n) is 2.56. The molecule has 0 radical (unpaired) electrons. The van der Waals surface area contributed by atoms with Crippen molar-refractivity contribution in [3.63, 3.8) is 0 Å². The van der Waals surface area contributed by atoms with Crippen molar-refractivity contribution < 1.29 is 14.7 Å². The standard InChI is InChI=1S/C15H12N4O3/c16-9-13(11-5-2-1-3-6-11)19-22-10-12-7-4-8-14(17-12)18-15(20)21/h1-8H,10H2,(H,17,18)(H,20,21). The highest BCUT2D eigenvalue weighted by atomic mass is 16.6. The van der Waals surface area contributed by atoms with Crippen LogP contribution >= 0.6 is 0 Å². The Morgan fingerprint density at radius 3 is 2.73 bits per heavy atom. The van der Waals surface area contributed by atoms with Crippen LogP contribution in [-0.4, -0.2) is 21.9 Å². The van der Waals surface area contributed by atoms with Crippen molar-refractivity contribution in [2.75, 3.05) is 5.32 Å². The summed E-state index contributed by atoms with van der Waals surface area (Å²) in [7, 11) is 0. The highest BCUT2D eigenvalue weighted by Crippen LogP contribution is 2.07. The molecule has 7 nitrogen and oxygen atoms in total. The molecule has 0 aliphatic rings. The first-order valence-corrected chi connectivity index (χ1v) is 6.30. The van der Waals surface area contributed by atoms with Gasteiger partial charge in [-0.15, -0.1) is 0 Å². The first-order chi connectivity index (χ1) is 10.7. The zero-order valence-corrected chi connectivity index (χ0v) is 11.4. The molecule has 0 saturated heterocycles. The van der Waals surface area contributed by atoms with E-state index in [1.54, 1.807) is 36.4 Å². The van der Waals surface area contributed by atoms with Crippen LogP contribution < -0.4 is 5.32 Å². The van der Waals surface area contributed by atoms with Gasteiger partial charge in [0.2, 0.25) is 0 Å². The van der Waals surface area contributed by atoms with E-state index in [4.69, 9.17) is 15.2 Å². The van der Waals surface area contributed by atoms with Crippen molar-refractivity contribution in [2.45, 2.75) is 6.61 Å². The molecule has 0 fully saturated rings. The third-order valence-corrected chi connectivity index (χ3v) is 2.56. The lowest BCUT2D eigenvalue weighted by atomic mass is 10.1. The SMILES string of the molecule is N#CC(=NOCc1cccc(NC(=O)O)n1)c1ccccc1. The van der Waals surface area contributed by atoms with Gasteiger partial charge in [0.25, 0.3) is 0 Å². The number of carbonyl (C=O) groups is 1. The van der Waals surface area contributed by atoms with Crippen molar-refractivity contribution >= 4 is 17.6 Å². The number of benzene rings is 1. The van der Waals surface area contributed by atoms with Crippen molar-refractivity contribution in [2.24, 2.45) is 5.16 Å². The van der Waals surface area contributed by atoms with E-state index >= 15 is 0 Å². The summed E-state index contributed by atoms with van der Waals surface area (Å²) in [6.07, 6.45) is -1.19. The molecule has 0 aliphatic carbocycles. The second-order valence-electron chi connectivity index (χ2n) is 4.14. The average molecular weight is 296 g/mol. The number of amides is 1. The third kappa shape index (κ3) is 4.31. The molecule has 2 N–H and O–H groups in total. The van der Waals surface area contributed by atoms with E-state index < -0.39 is 6.09 Å². The number of aromatic nitrogens is 1. The Morgan fingerprint density at radius 1 is 1.27 bits per heavy atom. The number of pyridine rings is 1. The van der Waals surface area contributed by atoms with Crippen molar-refractivity contribution in [3.05, 3.63) is 59.8 Å². The van der Waals surface area contributed by atoms with Gasteiger partial charge in [0.15, 0.2) is 12.3 Å². The summed E-state index contributed by atoms with van der Waals surface area (Å²) in [5.41, 5.74) is 1.29. The number of nitriles is 1. The van der Waals surface area contributed by atoms with E-state index in [0.29, 0.717) is 11.3 Å². The summed E-state index contributed by atoms with van der Waals surface area (Å²) in [4.78, 5) is 19.7. The lowest BCUT2D eigenvalue weighted by molar-refractivity contribution is 0.128. The minimum Gasteiger partial charge on any atom is -0.465 e. The van der Waals surface area contributed by atoms with Gasteiger partial charge in [0, 0.05) is 5.56 Å². The average Bonchev–Trinajstić information content (AvgIpc) is 2.52. The quantitative estimate of drug-likeness (QED) is 0.651. The lowest BCUT2D eigenvalue weighted by Crippen LogP contribution is -2.09. The molecule has 0 spiro atoms. The van der Waals surface area contributed by atoms with Crippen molar-refractivity contribution in [1.29, 1.82) is 5.26 Å². The molecule has 22 heavy (non-hydrogen) atoms. The maximum Gasteiger partial charge on any atom is 0.410 e. The van der Waals surface area contributed by atoms with E-state index in [0.717, 1.165) is 0 Å². The molecule has 1 heterocycles. The van der Waals surface area contributed by atoms with E-state index in [-0.39, 0.29) is 18.1 Å². The van der Waals surface area contributed by atoms with E-state index in [1.165, 1.54) is 6.07 Å². The minimum absolute atomic E-state index is 0.0210. The fourth-order valence-corrected chi connectivity index (χ4v) is 1.64. The molecule has 0 aliphatic heterocycles. The fourth-order valence-electron chi connectivity index (χ4n) is 1.64. The second-order valence-corrected chi connectivity index (χ2v) is 4.14. The number of carboxylic acid groups (broad SMARTS) is 1. The summed E-state index contributed by atoms with van der Waals surface area (Å²) in [6.45, 7) is 0.0210. The van der Waals surface area contributed by atoms with Gasteiger partial charge in [0.1, 0.15) is 11.9 Å². The number of rotatable bonds is 5. The van der Waals surface area contributed by atoms with Gasteiger partial charge in [-0.2, -0.15) is 5.26 Å². The number of hydrogen-bond acceptors (Lipinski definition) is 5. The predicted octanol–water partition coefficient (Wildman–Crippen LogP) is 2.62. The van der Waals surface area contributed by atoms with Gasteiger partial charge in [-0.25, -0.2) is 9.78 Å². The predicted molar refractivity (Wildman–Crippen MR) is 79.3 cm³/mol. The van der Waals surface area contributed by atoms with E-state index in [9.17, 15) is 4.79 Å². The van der Waals surface area contributed by atoms with Crippen LogP contribution in [0.5, 0.6) is 0 Å². The van der Waals surface area contributed by atoms with Crippen LogP contribution in [0.3, 0.4) is 0 Å². The summed E-state index contributed by atoms with van der Waals surface area (Å²) in [5, 5.41) is 23.6. The Morgan fingerprint density at radius 2 is 2.05 bits per heavy atom. The van der Waals surface area contributed by atoms with Gasteiger partial charge < -0.3 is 9.94 Å². The lowest BCUT2D eigenvalue weighted by Gasteiger charge is -2.03. The molecule has 2 rings (SSSR count). The molecular formula is C15H12N4O3. The number of nitrogens with one attached hydrogen (secondary N) is 1. The molecule has 0 atom stereocenters. The van der Waals surface area contributed by atoms with Crippen LogP contribution in [0.1, 0.15) is 11.3 Å². The summed E-state index contributed by atoms with van der Waals surface area (Å²) >= 11 is 0. The smallest absolute Gasteiger partial charge is 0.410 e. The number of anilines is 1. The van der Waals surface area contributed by atoms with Crippen LogP contribution in [0.15, 0.2) is 53.7 Å².